The normalized spacial score (nSPS) is 27.5. The summed E-state index contributed by atoms with van der Waals surface area (Å²) in [6.45, 7) is 3.24. The standard InChI is InChI=1S/C9H16N2O/c1-7-6-8(7)9(12)11-5-3-2-4-10/h2-3,7-8H,4-6,10H2,1H3,(H,11,12)/b3-2+. The minimum atomic E-state index is 0.184. The van der Waals surface area contributed by atoms with Gasteiger partial charge in [-0.1, -0.05) is 19.1 Å². The summed E-state index contributed by atoms with van der Waals surface area (Å²) in [5.41, 5.74) is 5.24. The largest absolute Gasteiger partial charge is 0.352 e. The Morgan fingerprint density at radius 2 is 2.33 bits per heavy atom. The number of nitrogens with one attached hydrogen (secondary N) is 1. The van der Waals surface area contributed by atoms with Crippen molar-refractivity contribution in [3.05, 3.63) is 12.2 Å². The molecular weight excluding hydrogens is 152 g/mol. The molecule has 0 heterocycles. The predicted molar refractivity (Wildman–Crippen MR) is 48.5 cm³/mol. The molecule has 3 heteroatoms. The fourth-order valence-corrected chi connectivity index (χ4v) is 1.16. The van der Waals surface area contributed by atoms with Gasteiger partial charge in [-0.3, -0.25) is 4.79 Å². The summed E-state index contributed by atoms with van der Waals surface area (Å²) >= 11 is 0. The molecule has 0 aromatic carbocycles. The van der Waals surface area contributed by atoms with Crippen molar-refractivity contribution in [1.82, 2.24) is 5.32 Å². The Hall–Kier alpha value is -0.830. The lowest BCUT2D eigenvalue weighted by molar-refractivity contribution is -0.122. The van der Waals surface area contributed by atoms with E-state index in [9.17, 15) is 4.79 Å². The first-order chi connectivity index (χ1) is 5.75. The maximum absolute atomic E-state index is 11.2. The van der Waals surface area contributed by atoms with Crippen LogP contribution in [0.3, 0.4) is 0 Å². The van der Waals surface area contributed by atoms with Gasteiger partial charge in [0, 0.05) is 19.0 Å². The monoisotopic (exact) mass is 168 g/mol. The molecule has 0 radical (unpaired) electrons. The van der Waals surface area contributed by atoms with E-state index in [0.717, 1.165) is 6.42 Å². The van der Waals surface area contributed by atoms with Crippen LogP contribution in [-0.4, -0.2) is 19.0 Å². The first-order valence-corrected chi connectivity index (χ1v) is 4.38. The van der Waals surface area contributed by atoms with E-state index in [-0.39, 0.29) is 11.8 Å². The highest BCUT2D eigenvalue weighted by molar-refractivity contribution is 5.81. The van der Waals surface area contributed by atoms with Crippen molar-refractivity contribution < 1.29 is 4.79 Å². The van der Waals surface area contributed by atoms with Crippen LogP contribution < -0.4 is 11.1 Å². The number of carbonyl (C=O) groups excluding carboxylic acids is 1. The fraction of sp³-hybridized carbons (Fsp3) is 0.667. The van der Waals surface area contributed by atoms with Crippen molar-refractivity contribution in [2.45, 2.75) is 13.3 Å². The molecule has 0 bridgehead atoms. The van der Waals surface area contributed by atoms with Crippen LogP contribution in [0.1, 0.15) is 13.3 Å². The minimum absolute atomic E-state index is 0.184. The number of hydrogen-bond donors (Lipinski definition) is 2. The first-order valence-electron chi connectivity index (χ1n) is 4.38. The Balaban J connectivity index is 2.07. The Bertz CT molecular complexity index is 189. The summed E-state index contributed by atoms with van der Waals surface area (Å²) in [6.07, 6.45) is 4.77. The molecule has 68 valence electrons. The number of carbonyl (C=O) groups is 1. The van der Waals surface area contributed by atoms with E-state index >= 15 is 0 Å². The Morgan fingerprint density at radius 1 is 1.67 bits per heavy atom. The molecule has 0 aromatic rings. The molecule has 1 amide bonds. The molecule has 3 N–H and O–H groups in total. The summed E-state index contributed by atoms with van der Waals surface area (Å²) in [5.74, 6) is 1.05. The molecule has 1 aliphatic rings. The first kappa shape index (κ1) is 9.26. The van der Waals surface area contributed by atoms with Crippen LogP contribution in [0.4, 0.5) is 0 Å². The highest BCUT2D eigenvalue weighted by Crippen LogP contribution is 2.37. The quantitative estimate of drug-likeness (QED) is 0.592. The van der Waals surface area contributed by atoms with Crippen molar-refractivity contribution >= 4 is 5.91 Å². The third-order valence-electron chi connectivity index (χ3n) is 2.14. The second-order valence-electron chi connectivity index (χ2n) is 3.27. The van der Waals surface area contributed by atoms with Gasteiger partial charge in [0.2, 0.25) is 5.91 Å². The van der Waals surface area contributed by atoms with Crippen LogP contribution in [-0.2, 0) is 4.79 Å². The van der Waals surface area contributed by atoms with Gasteiger partial charge in [-0.15, -0.1) is 0 Å². The molecule has 0 spiro atoms. The summed E-state index contributed by atoms with van der Waals surface area (Å²) in [7, 11) is 0. The Kier molecular flexibility index (Phi) is 3.29. The molecule has 1 fully saturated rings. The number of hydrogen-bond acceptors (Lipinski definition) is 2. The number of nitrogens with two attached hydrogens (primary N) is 1. The summed E-state index contributed by atoms with van der Waals surface area (Å²) in [4.78, 5) is 11.2. The molecule has 12 heavy (non-hydrogen) atoms. The van der Waals surface area contributed by atoms with Crippen LogP contribution in [0.2, 0.25) is 0 Å². The lowest BCUT2D eigenvalue weighted by atomic mass is 10.3. The van der Waals surface area contributed by atoms with Crippen LogP contribution in [0.15, 0.2) is 12.2 Å². The summed E-state index contributed by atoms with van der Waals surface area (Å²) < 4.78 is 0. The molecule has 0 aliphatic heterocycles. The second kappa shape index (κ2) is 4.26. The van der Waals surface area contributed by atoms with Gasteiger partial charge in [-0.05, 0) is 12.3 Å². The molecule has 0 aromatic heterocycles. The summed E-state index contributed by atoms with van der Waals surface area (Å²) in [5, 5.41) is 2.83. The van der Waals surface area contributed by atoms with Gasteiger partial charge >= 0.3 is 0 Å². The zero-order valence-electron chi connectivity index (χ0n) is 7.42. The van der Waals surface area contributed by atoms with Crippen molar-refractivity contribution in [3.63, 3.8) is 0 Å². The smallest absolute Gasteiger partial charge is 0.223 e. The lowest BCUT2D eigenvalue weighted by Gasteiger charge is -1.98. The highest BCUT2D eigenvalue weighted by Gasteiger charge is 2.38. The van der Waals surface area contributed by atoms with E-state index in [0.29, 0.717) is 19.0 Å². The van der Waals surface area contributed by atoms with Gasteiger partial charge in [-0.2, -0.15) is 0 Å². The van der Waals surface area contributed by atoms with E-state index < -0.39 is 0 Å². The van der Waals surface area contributed by atoms with E-state index in [2.05, 4.69) is 12.2 Å². The average Bonchev–Trinajstić information content (AvgIpc) is 2.76. The molecule has 2 atom stereocenters. The van der Waals surface area contributed by atoms with Crippen LogP contribution in [0.25, 0.3) is 0 Å². The molecule has 1 saturated carbocycles. The maximum atomic E-state index is 11.2. The van der Waals surface area contributed by atoms with Gasteiger partial charge < -0.3 is 11.1 Å². The van der Waals surface area contributed by atoms with Crippen molar-refractivity contribution in [2.75, 3.05) is 13.1 Å². The van der Waals surface area contributed by atoms with E-state index in [1.807, 2.05) is 12.2 Å². The van der Waals surface area contributed by atoms with Gasteiger partial charge in [0.1, 0.15) is 0 Å². The van der Waals surface area contributed by atoms with E-state index in [4.69, 9.17) is 5.73 Å². The van der Waals surface area contributed by atoms with Crippen LogP contribution >= 0.6 is 0 Å². The molecular formula is C9H16N2O. The fourth-order valence-electron chi connectivity index (χ4n) is 1.16. The van der Waals surface area contributed by atoms with Crippen molar-refractivity contribution in [1.29, 1.82) is 0 Å². The predicted octanol–water partition coefficient (Wildman–Crippen LogP) is 0.273. The molecule has 3 nitrogen and oxygen atoms in total. The highest BCUT2D eigenvalue weighted by atomic mass is 16.2. The number of amides is 1. The van der Waals surface area contributed by atoms with E-state index in [1.54, 1.807) is 0 Å². The van der Waals surface area contributed by atoms with E-state index in [1.165, 1.54) is 0 Å². The molecule has 1 aliphatic carbocycles. The topological polar surface area (TPSA) is 55.1 Å². The molecule has 2 unspecified atom stereocenters. The third-order valence-corrected chi connectivity index (χ3v) is 2.14. The van der Waals surface area contributed by atoms with Crippen LogP contribution in [0, 0.1) is 11.8 Å². The molecule has 1 rings (SSSR count). The summed E-state index contributed by atoms with van der Waals surface area (Å²) in [6, 6.07) is 0. The minimum Gasteiger partial charge on any atom is -0.352 e. The molecule has 0 saturated heterocycles. The SMILES string of the molecule is CC1CC1C(=O)NC/C=C/CN. The van der Waals surface area contributed by atoms with Crippen molar-refractivity contribution in [2.24, 2.45) is 17.6 Å². The van der Waals surface area contributed by atoms with Crippen LogP contribution in [0.5, 0.6) is 0 Å². The average molecular weight is 168 g/mol. The van der Waals surface area contributed by atoms with Gasteiger partial charge in [0.05, 0.1) is 0 Å². The second-order valence-corrected chi connectivity index (χ2v) is 3.27. The number of rotatable bonds is 4. The Morgan fingerprint density at radius 3 is 2.83 bits per heavy atom. The zero-order valence-corrected chi connectivity index (χ0v) is 7.42. The third kappa shape index (κ3) is 2.66. The van der Waals surface area contributed by atoms with Gasteiger partial charge in [0.15, 0.2) is 0 Å². The maximum Gasteiger partial charge on any atom is 0.223 e. The lowest BCUT2D eigenvalue weighted by Crippen LogP contribution is -2.25. The Labute approximate surface area is 73.0 Å². The van der Waals surface area contributed by atoms with Gasteiger partial charge in [0.25, 0.3) is 0 Å². The zero-order chi connectivity index (χ0) is 8.97. The van der Waals surface area contributed by atoms with Gasteiger partial charge in [-0.25, -0.2) is 0 Å². The van der Waals surface area contributed by atoms with Crippen molar-refractivity contribution in [3.8, 4) is 0 Å².